The number of nitrogens with one attached hydrogen (secondary N) is 1. The van der Waals surface area contributed by atoms with Crippen molar-refractivity contribution < 1.29 is 4.79 Å². The fourth-order valence-electron chi connectivity index (χ4n) is 2.76. The molecule has 3 nitrogen and oxygen atoms in total. The molecule has 1 aromatic rings. The van der Waals surface area contributed by atoms with E-state index in [1.165, 1.54) is 6.42 Å². The molecule has 1 heterocycles. The van der Waals surface area contributed by atoms with E-state index in [0.29, 0.717) is 0 Å². The van der Waals surface area contributed by atoms with Crippen molar-refractivity contribution in [3.63, 3.8) is 0 Å². The van der Waals surface area contributed by atoms with E-state index in [2.05, 4.69) is 5.32 Å². The first-order chi connectivity index (χ1) is 9.22. The summed E-state index contributed by atoms with van der Waals surface area (Å²) in [6.07, 6.45) is 3.50. The third-order valence-electron chi connectivity index (χ3n) is 4.08. The van der Waals surface area contributed by atoms with Crippen LogP contribution in [0.15, 0.2) is 24.3 Å². The second-order valence-corrected chi connectivity index (χ2v) is 5.44. The molecule has 1 fully saturated rings. The highest BCUT2D eigenvalue weighted by Crippen LogP contribution is 2.22. The standard InChI is InChI=1S/C16H24N2O/c1-13-5-3-4-6-15(13)16(19)18-11-8-14(9-12-18)7-10-17-2/h3-6,14,17H,7-12H2,1-2H3. The number of nitrogens with zero attached hydrogens (tertiary/aromatic N) is 1. The molecule has 0 radical (unpaired) electrons. The number of likely N-dealkylation sites (tertiary alicyclic amines) is 1. The Kier molecular flexibility index (Phi) is 4.97. The summed E-state index contributed by atoms with van der Waals surface area (Å²) >= 11 is 0. The zero-order valence-electron chi connectivity index (χ0n) is 12.0. The Hall–Kier alpha value is -1.35. The van der Waals surface area contributed by atoms with Crippen molar-refractivity contribution in [2.75, 3.05) is 26.7 Å². The van der Waals surface area contributed by atoms with Gasteiger partial charge in [0.15, 0.2) is 0 Å². The minimum absolute atomic E-state index is 0.199. The molecule has 104 valence electrons. The van der Waals surface area contributed by atoms with E-state index >= 15 is 0 Å². The summed E-state index contributed by atoms with van der Waals surface area (Å²) in [7, 11) is 2.00. The lowest BCUT2D eigenvalue weighted by atomic mass is 9.93. The summed E-state index contributed by atoms with van der Waals surface area (Å²) in [6, 6.07) is 7.87. The maximum Gasteiger partial charge on any atom is 0.254 e. The Morgan fingerprint density at radius 2 is 2.00 bits per heavy atom. The van der Waals surface area contributed by atoms with Gasteiger partial charge in [0.2, 0.25) is 0 Å². The lowest BCUT2D eigenvalue weighted by Gasteiger charge is -2.32. The van der Waals surface area contributed by atoms with Gasteiger partial charge in [0, 0.05) is 18.7 Å². The van der Waals surface area contributed by atoms with Crippen LogP contribution in [0.4, 0.5) is 0 Å². The highest BCUT2D eigenvalue weighted by atomic mass is 16.2. The number of piperidine rings is 1. The zero-order valence-corrected chi connectivity index (χ0v) is 12.0. The van der Waals surface area contributed by atoms with Gasteiger partial charge in [0.25, 0.3) is 5.91 Å². The molecular weight excluding hydrogens is 236 g/mol. The highest BCUT2D eigenvalue weighted by molar-refractivity contribution is 5.95. The minimum Gasteiger partial charge on any atom is -0.339 e. The van der Waals surface area contributed by atoms with E-state index < -0.39 is 0 Å². The van der Waals surface area contributed by atoms with Crippen LogP contribution >= 0.6 is 0 Å². The molecule has 0 bridgehead atoms. The summed E-state index contributed by atoms with van der Waals surface area (Å²) in [5.74, 6) is 0.971. The van der Waals surface area contributed by atoms with Crippen LogP contribution in [-0.2, 0) is 0 Å². The number of rotatable bonds is 4. The molecule has 0 aromatic heterocycles. The van der Waals surface area contributed by atoms with E-state index in [9.17, 15) is 4.79 Å². The second kappa shape index (κ2) is 6.71. The SMILES string of the molecule is CNCCC1CCN(C(=O)c2ccccc2C)CC1. The molecular formula is C16H24N2O. The molecule has 1 saturated heterocycles. The molecule has 0 aliphatic carbocycles. The Balaban J connectivity index is 1.91. The molecule has 0 saturated carbocycles. The zero-order chi connectivity index (χ0) is 13.7. The molecule has 1 aromatic carbocycles. The second-order valence-electron chi connectivity index (χ2n) is 5.44. The summed E-state index contributed by atoms with van der Waals surface area (Å²) in [5, 5.41) is 3.20. The minimum atomic E-state index is 0.199. The molecule has 3 heteroatoms. The normalized spacial score (nSPS) is 16.6. The highest BCUT2D eigenvalue weighted by Gasteiger charge is 2.23. The number of hydrogen-bond donors (Lipinski definition) is 1. The van der Waals surface area contributed by atoms with Crippen molar-refractivity contribution in [2.24, 2.45) is 5.92 Å². The number of benzene rings is 1. The van der Waals surface area contributed by atoms with E-state index in [1.807, 2.05) is 43.1 Å². The smallest absolute Gasteiger partial charge is 0.254 e. The number of carbonyl (C=O) groups excluding carboxylic acids is 1. The summed E-state index contributed by atoms with van der Waals surface area (Å²) in [4.78, 5) is 14.5. The quantitative estimate of drug-likeness (QED) is 0.902. The maximum atomic E-state index is 12.5. The first-order valence-corrected chi connectivity index (χ1v) is 7.22. The summed E-state index contributed by atoms with van der Waals surface area (Å²) in [5.41, 5.74) is 1.93. The number of carbonyl (C=O) groups is 1. The Morgan fingerprint density at radius 1 is 1.32 bits per heavy atom. The van der Waals surface area contributed by atoms with Gasteiger partial charge < -0.3 is 10.2 Å². The van der Waals surface area contributed by atoms with Crippen LogP contribution in [0.25, 0.3) is 0 Å². The monoisotopic (exact) mass is 260 g/mol. The van der Waals surface area contributed by atoms with E-state index in [1.54, 1.807) is 0 Å². The van der Waals surface area contributed by atoms with Crippen LogP contribution in [0.2, 0.25) is 0 Å². The molecule has 1 aliphatic heterocycles. The van der Waals surface area contributed by atoms with Crippen molar-refractivity contribution in [1.82, 2.24) is 10.2 Å². The fourth-order valence-corrected chi connectivity index (χ4v) is 2.76. The Bertz CT molecular complexity index is 423. The van der Waals surface area contributed by atoms with Crippen LogP contribution < -0.4 is 5.32 Å². The van der Waals surface area contributed by atoms with E-state index in [-0.39, 0.29) is 5.91 Å². The van der Waals surface area contributed by atoms with Crippen molar-refractivity contribution >= 4 is 5.91 Å². The van der Waals surface area contributed by atoms with Crippen LogP contribution in [0.5, 0.6) is 0 Å². The molecule has 0 unspecified atom stereocenters. The topological polar surface area (TPSA) is 32.3 Å². The third kappa shape index (κ3) is 3.57. The van der Waals surface area contributed by atoms with Crippen LogP contribution in [0.3, 0.4) is 0 Å². The molecule has 1 aliphatic rings. The molecule has 1 amide bonds. The largest absolute Gasteiger partial charge is 0.339 e. The molecule has 0 atom stereocenters. The van der Waals surface area contributed by atoms with Crippen LogP contribution in [-0.4, -0.2) is 37.5 Å². The Morgan fingerprint density at radius 3 is 2.63 bits per heavy atom. The average Bonchev–Trinajstić information content (AvgIpc) is 2.45. The lowest BCUT2D eigenvalue weighted by Crippen LogP contribution is -2.39. The number of aryl methyl sites for hydroxylation is 1. The van der Waals surface area contributed by atoms with Gasteiger partial charge in [-0.05, 0) is 57.3 Å². The molecule has 0 spiro atoms. The predicted octanol–water partition coefficient (Wildman–Crippen LogP) is 2.46. The molecule has 1 N–H and O–H groups in total. The van der Waals surface area contributed by atoms with E-state index in [0.717, 1.165) is 49.5 Å². The van der Waals surface area contributed by atoms with Crippen LogP contribution in [0, 0.1) is 12.8 Å². The van der Waals surface area contributed by atoms with Gasteiger partial charge in [-0.15, -0.1) is 0 Å². The Labute approximate surface area is 116 Å². The van der Waals surface area contributed by atoms with Gasteiger partial charge in [-0.25, -0.2) is 0 Å². The van der Waals surface area contributed by atoms with Crippen molar-refractivity contribution in [3.05, 3.63) is 35.4 Å². The maximum absolute atomic E-state index is 12.5. The fraction of sp³-hybridized carbons (Fsp3) is 0.562. The van der Waals surface area contributed by atoms with Crippen LogP contribution in [0.1, 0.15) is 35.2 Å². The average molecular weight is 260 g/mol. The van der Waals surface area contributed by atoms with Gasteiger partial charge >= 0.3 is 0 Å². The predicted molar refractivity (Wildman–Crippen MR) is 78.4 cm³/mol. The third-order valence-corrected chi connectivity index (χ3v) is 4.08. The number of amides is 1. The van der Waals surface area contributed by atoms with Crippen molar-refractivity contribution in [3.8, 4) is 0 Å². The summed E-state index contributed by atoms with van der Waals surface area (Å²) < 4.78 is 0. The van der Waals surface area contributed by atoms with Crippen molar-refractivity contribution in [1.29, 1.82) is 0 Å². The molecule has 2 rings (SSSR count). The van der Waals surface area contributed by atoms with Gasteiger partial charge in [-0.2, -0.15) is 0 Å². The summed E-state index contributed by atoms with van der Waals surface area (Å²) in [6.45, 7) is 4.90. The first kappa shape index (κ1) is 14.1. The van der Waals surface area contributed by atoms with Crippen molar-refractivity contribution in [2.45, 2.75) is 26.2 Å². The van der Waals surface area contributed by atoms with Gasteiger partial charge in [0.1, 0.15) is 0 Å². The number of hydrogen-bond acceptors (Lipinski definition) is 2. The van der Waals surface area contributed by atoms with Gasteiger partial charge in [0.05, 0.1) is 0 Å². The first-order valence-electron chi connectivity index (χ1n) is 7.22. The van der Waals surface area contributed by atoms with Gasteiger partial charge in [-0.3, -0.25) is 4.79 Å². The van der Waals surface area contributed by atoms with Gasteiger partial charge in [-0.1, -0.05) is 18.2 Å². The lowest BCUT2D eigenvalue weighted by molar-refractivity contribution is 0.0686. The van der Waals surface area contributed by atoms with E-state index in [4.69, 9.17) is 0 Å². The molecule has 19 heavy (non-hydrogen) atoms.